The van der Waals surface area contributed by atoms with E-state index in [1.807, 2.05) is 0 Å². The summed E-state index contributed by atoms with van der Waals surface area (Å²) in [5, 5.41) is 8.66. The number of rotatable bonds is 4. The molecule has 2 aromatic heterocycles. The van der Waals surface area contributed by atoms with E-state index in [4.69, 9.17) is 9.84 Å². The third-order valence-corrected chi connectivity index (χ3v) is 2.25. The van der Waals surface area contributed by atoms with Crippen LogP contribution in [0.15, 0.2) is 36.9 Å². The number of pyridine rings is 1. The number of carbonyl (C=O) groups is 1. The summed E-state index contributed by atoms with van der Waals surface area (Å²) < 4.78 is 6.76. The van der Waals surface area contributed by atoms with Gasteiger partial charge in [-0.2, -0.15) is 0 Å². The van der Waals surface area contributed by atoms with Gasteiger partial charge < -0.3 is 14.4 Å². The summed E-state index contributed by atoms with van der Waals surface area (Å²) in [5.74, 6) is -0.611. The molecule has 2 rings (SSSR count). The van der Waals surface area contributed by atoms with Crippen molar-refractivity contribution < 1.29 is 14.6 Å². The average Bonchev–Trinajstić information content (AvgIpc) is 2.89. The van der Waals surface area contributed by atoms with Gasteiger partial charge in [-0.1, -0.05) is 0 Å². The molecule has 0 saturated heterocycles. The van der Waals surface area contributed by atoms with E-state index in [1.165, 1.54) is 13.2 Å². The van der Waals surface area contributed by atoms with Crippen LogP contribution in [0.4, 0.5) is 0 Å². The predicted octanol–water partition coefficient (Wildman–Crippen LogP) is 1.37. The largest absolute Gasteiger partial charge is 0.481 e. The summed E-state index contributed by atoms with van der Waals surface area (Å²) in [7, 11) is 1.50. The first-order valence-corrected chi connectivity index (χ1v) is 5.15. The zero-order valence-corrected chi connectivity index (χ0v) is 9.65. The molecule has 0 aromatic carbocycles. The van der Waals surface area contributed by atoms with Gasteiger partial charge in [0.2, 0.25) is 5.88 Å². The van der Waals surface area contributed by atoms with E-state index in [9.17, 15) is 4.79 Å². The lowest BCUT2D eigenvalue weighted by Crippen LogP contribution is -1.99. The van der Waals surface area contributed by atoms with Crippen LogP contribution >= 0.6 is 0 Å². The smallest absolute Gasteiger partial charge is 0.328 e. The number of ether oxygens (including phenoxy) is 1. The van der Waals surface area contributed by atoms with Crippen LogP contribution in [0.3, 0.4) is 0 Å². The van der Waals surface area contributed by atoms with E-state index in [1.54, 1.807) is 35.4 Å². The molecule has 0 aliphatic heterocycles. The standard InChI is InChI=1S/C12H11N3O3/c1-18-11-4-3-10(15-7-6-13-8-15)9(14-11)2-5-12(16)17/h2-8H,1H3,(H,16,17)/b5-2+. The van der Waals surface area contributed by atoms with Crippen molar-refractivity contribution in [3.8, 4) is 11.6 Å². The van der Waals surface area contributed by atoms with Gasteiger partial charge >= 0.3 is 5.97 Å². The maximum absolute atomic E-state index is 10.6. The van der Waals surface area contributed by atoms with Crippen molar-refractivity contribution in [1.82, 2.24) is 14.5 Å². The zero-order chi connectivity index (χ0) is 13.0. The van der Waals surface area contributed by atoms with Crippen LogP contribution in [0.25, 0.3) is 11.8 Å². The summed E-state index contributed by atoms with van der Waals surface area (Å²) in [4.78, 5) is 18.7. The Hall–Kier alpha value is -2.63. The first-order valence-electron chi connectivity index (χ1n) is 5.15. The second-order valence-electron chi connectivity index (χ2n) is 3.40. The van der Waals surface area contributed by atoms with Crippen LogP contribution in [-0.2, 0) is 4.79 Å². The zero-order valence-electron chi connectivity index (χ0n) is 9.65. The van der Waals surface area contributed by atoms with Crippen LogP contribution < -0.4 is 4.74 Å². The highest BCUT2D eigenvalue weighted by Gasteiger charge is 2.06. The number of carboxylic acid groups (broad SMARTS) is 1. The van der Waals surface area contributed by atoms with Crippen molar-refractivity contribution in [3.05, 3.63) is 42.6 Å². The Balaban J connectivity index is 2.48. The number of imidazole rings is 1. The molecule has 2 heterocycles. The van der Waals surface area contributed by atoms with Crippen molar-refractivity contribution in [3.63, 3.8) is 0 Å². The van der Waals surface area contributed by atoms with Gasteiger partial charge in [-0.3, -0.25) is 0 Å². The van der Waals surface area contributed by atoms with E-state index < -0.39 is 5.97 Å². The molecule has 0 spiro atoms. The lowest BCUT2D eigenvalue weighted by Gasteiger charge is -2.07. The SMILES string of the molecule is COc1ccc(-n2ccnc2)c(/C=C/C(=O)O)n1. The topological polar surface area (TPSA) is 77.2 Å². The number of hydrogen-bond donors (Lipinski definition) is 1. The summed E-state index contributed by atoms with van der Waals surface area (Å²) in [6.45, 7) is 0. The fourth-order valence-corrected chi connectivity index (χ4v) is 1.46. The molecular formula is C12H11N3O3. The third-order valence-electron chi connectivity index (χ3n) is 2.25. The third kappa shape index (κ3) is 2.54. The van der Waals surface area contributed by atoms with Crippen molar-refractivity contribution in [2.24, 2.45) is 0 Å². The van der Waals surface area contributed by atoms with E-state index in [-0.39, 0.29) is 0 Å². The Morgan fingerprint density at radius 2 is 2.33 bits per heavy atom. The van der Waals surface area contributed by atoms with Crippen molar-refractivity contribution in [1.29, 1.82) is 0 Å². The lowest BCUT2D eigenvalue weighted by atomic mass is 10.2. The maximum atomic E-state index is 10.6. The van der Waals surface area contributed by atoms with Crippen LogP contribution in [-0.4, -0.2) is 32.7 Å². The van der Waals surface area contributed by atoms with E-state index in [2.05, 4.69) is 9.97 Å². The van der Waals surface area contributed by atoms with Crippen LogP contribution in [0, 0.1) is 0 Å². The minimum Gasteiger partial charge on any atom is -0.481 e. The van der Waals surface area contributed by atoms with Crippen LogP contribution in [0.1, 0.15) is 5.69 Å². The number of nitrogens with zero attached hydrogens (tertiary/aromatic N) is 3. The molecule has 2 aromatic rings. The molecule has 18 heavy (non-hydrogen) atoms. The van der Waals surface area contributed by atoms with Crippen LogP contribution in [0.5, 0.6) is 5.88 Å². The molecule has 0 fully saturated rings. The molecule has 0 aliphatic carbocycles. The molecule has 0 saturated carbocycles. The highest BCUT2D eigenvalue weighted by molar-refractivity contribution is 5.85. The van der Waals surface area contributed by atoms with Gasteiger partial charge in [0.15, 0.2) is 0 Å². The quantitative estimate of drug-likeness (QED) is 0.823. The van der Waals surface area contributed by atoms with E-state index in [0.29, 0.717) is 11.6 Å². The number of hydrogen-bond acceptors (Lipinski definition) is 4. The minimum atomic E-state index is -1.03. The summed E-state index contributed by atoms with van der Waals surface area (Å²) >= 11 is 0. The Morgan fingerprint density at radius 3 is 2.94 bits per heavy atom. The molecule has 0 bridgehead atoms. The molecule has 6 heteroatoms. The number of methoxy groups -OCH3 is 1. The molecular weight excluding hydrogens is 234 g/mol. The lowest BCUT2D eigenvalue weighted by molar-refractivity contribution is -0.131. The van der Waals surface area contributed by atoms with Gasteiger partial charge in [0.25, 0.3) is 0 Å². The normalized spacial score (nSPS) is 10.7. The molecule has 0 aliphatic rings. The number of carboxylic acids is 1. The molecule has 0 radical (unpaired) electrons. The van der Waals surface area contributed by atoms with Crippen molar-refractivity contribution >= 4 is 12.0 Å². The molecule has 92 valence electrons. The Bertz CT molecular complexity index is 576. The minimum absolute atomic E-state index is 0.420. The van der Waals surface area contributed by atoms with Gasteiger partial charge in [-0.05, 0) is 12.1 Å². The maximum Gasteiger partial charge on any atom is 0.328 e. The summed E-state index contributed by atoms with van der Waals surface area (Å²) in [6.07, 6.45) is 7.44. The summed E-state index contributed by atoms with van der Waals surface area (Å²) in [6, 6.07) is 3.49. The van der Waals surface area contributed by atoms with Gasteiger partial charge in [-0.15, -0.1) is 0 Å². The first kappa shape index (κ1) is 11.8. The molecule has 1 N–H and O–H groups in total. The molecule has 0 atom stereocenters. The van der Waals surface area contributed by atoms with Gasteiger partial charge in [0.05, 0.1) is 24.8 Å². The fourth-order valence-electron chi connectivity index (χ4n) is 1.46. The van der Waals surface area contributed by atoms with Gasteiger partial charge in [-0.25, -0.2) is 14.8 Å². The van der Waals surface area contributed by atoms with Gasteiger partial charge in [0.1, 0.15) is 0 Å². The Kier molecular flexibility index (Phi) is 3.38. The monoisotopic (exact) mass is 245 g/mol. The van der Waals surface area contributed by atoms with Crippen molar-refractivity contribution in [2.75, 3.05) is 7.11 Å². The first-order chi connectivity index (χ1) is 8.70. The van der Waals surface area contributed by atoms with Gasteiger partial charge in [0, 0.05) is 24.5 Å². The molecule has 0 amide bonds. The number of aliphatic carboxylic acids is 1. The fraction of sp³-hybridized carbons (Fsp3) is 0.0833. The van der Waals surface area contributed by atoms with E-state index in [0.717, 1.165) is 11.8 Å². The Morgan fingerprint density at radius 1 is 1.50 bits per heavy atom. The van der Waals surface area contributed by atoms with Crippen molar-refractivity contribution in [2.45, 2.75) is 0 Å². The Labute approximate surface area is 103 Å². The highest BCUT2D eigenvalue weighted by Crippen LogP contribution is 2.18. The highest BCUT2D eigenvalue weighted by atomic mass is 16.5. The average molecular weight is 245 g/mol. The molecule has 6 nitrogen and oxygen atoms in total. The molecule has 0 unspecified atom stereocenters. The van der Waals surface area contributed by atoms with E-state index >= 15 is 0 Å². The second kappa shape index (κ2) is 5.13. The second-order valence-corrected chi connectivity index (χ2v) is 3.40. The number of aromatic nitrogens is 3. The predicted molar refractivity (Wildman–Crippen MR) is 64.6 cm³/mol. The van der Waals surface area contributed by atoms with Crippen LogP contribution in [0.2, 0.25) is 0 Å². The summed E-state index contributed by atoms with van der Waals surface area (Å²) in [5.41, 5.74) is 1.22.